The minimum Gasteiger partial charge on any atom is -0.483 e. The average molecular weight is 318 g/mol. The van der Waals surface area contributed by atoms with Gasteiger partial charge in [0, 0.05) is 0 Å². The predicted molar refractivity (Wildman–Crippen MR) is 91.0 cm³/mol. The Balaban J connectivity index is 2.02. The second-order valence-corrected chi connectivity index (χ2v) is 5.95. The molecule has 0 saturated heterocycles. The van der Waals surface area contributed by atoms with Crippen LogP contribution in [0.25, 0.3) is 0 Å². The lowest BCUT2D eigenvalue weighted by atomic mass is 10.1. The average Bonchev–Trinajstić information content (AvgIpc) is 2.42. The third-order valence-electron chi connectivity index (χ3n) is 3.39. The number of hydrogen-bond donors (Lipinski definition) is 1. The van der Waals surface area contributed by atoms with Gasteiger partial charge >= 0.3 is 0 Å². The lowest BCUT2D eigenvalue weighted by molar-refractivity contribution is -0.118. The minimum atomic E-state index is -0.228. The first kappa shape index (κ1) is 16.4. The Kier molecular flexibility index (Phi) is 5.09. The molecule has 0 spiro atoms. The second-order valence-electron chi connectivity index (χ2n) is 5.54. The number of ether oxygens (including phenoxy) is 1. The number of carbonyl (C=O) groups is 1. The highest BCUT2D eigenvalue weighted by molar-refractivity contribution is 6.34. The van der Waals surface area contributed by atoms with Crippen molar-refractivity contribution < 1.29 is 9.53 Å². The van der Waals surface area contributed by atoms with Gasteiger partial charge in [0.2, 0.25) is 0 Å². The molecule has 116 valence electrons. The van der Waals surface area contributed by atoms with Crippen LogP contribution in [0.1, 0.15) is 22.3 Å². The predicted octanol–water partition coefficient (Wildman–Crippen LogP) is 4.59. The largest absolute Gasteiger partial charge is 0.483 e. The maximum atomic E-state index is 12.1. The number of benzene rings is 2. The van der Waals surface area contributed by atoms with Crippen molar-refractivity contribution in [3.63, 3.8) is 0 Å². The number of hydrogen-bond acceptors (Lipinski definition) is 2. The van der Waals surface area contributed by atoms with Crippen LogP contribution in [0.3, 0.4) is 0 Å². The number of amides is 1. The van der Waals surface area contributed by atoms with Gasteiger partial charge < -0.3 is 10.1 Å². The number of carbonyl (C=O) groups excluding carboxylic acids is 1. The quantitative estimate of drug-likeness (QED) is 0.895. The van der Waals surface area contributed by atoms with Gasteiger partial charge in [-0.15, -0.1) is 0 Å². The van der Waals surface area contributed by atoms with Gasteiger partial charge in [0.05, 0.1) is 10.7 Å². The fourth-order valence-corrected chi connectivity index (χ4v) is 2.72. The van der Waals surface area contributed by atoms with E-state index in [-0.39, 0.29) is 12.5 Å². The highest BCUT2D eigenvalue weighted by atomic mass is 35.5. The summed E-state index contributed by atoms with van der Waals surface area (Å²) in [5, 5.41) is 3.35. The van der Waals surface area contributed by atoms with Gasteiger partial charge in [-0.1, -0.05) is 35.4 Å². The van der Waals surface area contributed by atoms with Crippen LogP contribution in [0.2, 0.25) is 5.02 Å². The molecule has 0 unspecified atom stereocenters. The summed E-state index contributed by atoms with van der Waals surface area (Å²) in [6.45, 7) is 7.81. The van der Waals surface area contributed by atoms with Crippen molar-refractivity contribution >= 4 is 23.2 Å². The van der Waals surface area contributed by atoms with E-state index in [4.69, 9.17) is 16.3 Å². The Morgan fingerprint density at radius 3 is 2.36 bits per heavy atom. The van der Waals surface area contributed by atoms with E-state index in [1.165, 1.54) is 0 Å². The summed E-state index contributed by atoms with van der Waals surface area (Å²) < 4.78 is 5.57. The Labute approximate surface area is 136 Å². The highest BCUT2D eigenvalue weighted by Crippen LogP contribution is 2.27. The molecule has 0 saturated carbocycles. The first-order valence-electron chi connectivity index (χ1n) is 7.13. The van der Waals surface area contributed by atoms with Crippen molar-refractivity contribution in [2.75, 3.05) is 11.9 Å². The number of halogens is 1. The van der Waals surface area contributed by atoms with E-state index in [0.29, 0.717) is 16.5 Å². The molecule has 22 heavy (non-hydrogen) atoms. The Hall–Kier alpha value is -2.00. The van der Waals surface area contributed by atoms with E-state index in [1.54, 1.807) is 0 Å². The topological polar surface area (TPSA) is 38.3 Å². The number of nitrogens with one attached hydrogen (secondary N) is 1. The highest BCUT2D eigenvalue weighted by Gasteiger charge is 2.10. The van der Waals surface area contributed by atoms with Crippen LogP contribution in [0.4, 0.5) is 5.69 Å². The van der Waals surface area contributed by atoms with Crippen molar-refractivity contribution in [1.82, 2.24) is 0 Å². The maximum absolute atomic E-state index is 12.1. The lowest BCUT2D eigenvalue weighted by Gasteiger charge is -2.13. The summed E-state index contributed by atoms with van der Waals surface area (Å²) in [6, 6.07) is 9.67. The lowest BCUT2D eigenvalue weighted by Crippen LogP contribution is -2.21. The smallest absolute Gasteiger partial charge is 0.262 e. The Bertz CT molecular complexity index is 687. The summed E-state index contributed by atoms with van der Waals surface area (Å²) >= 11 is 6.18. The zero-order valence-electron chi connectivity index (χ0n) is 13.3. The van der Waals surface area contributed by atoms with Crippen molar-refractivity contribution in [2.45, 2.75) is 27.7 Å². The molecule has 4 heteroatoms. The molecule has 0 radical (unpaired) electrons. The molecule has 3 nitrogen and oxygen atoms in total. The molecular weight excluding hydrogens is 298 g/mol. The normalized spacial score (nSPS) is 10.4. The number of rotatable bonds is 4. The van der Waals surface area contributed by atoms with Crippen LogP contribution >= 0.6 is 11.6 Å². The molecule has 2 aromatic carbocycles. The molecule has 1 N–H and O–H groups in total. The molecule has 0 bridgehead atoms. The van der Waals surface area contributed by atoms with Crippen LogP contribution in [-0.4, -0.2) is 12.5 Å². The van der Waals surface area contributed by atoms with Gasteiger partial charge in [-0.25, -0.2) is 0 Å². The molecule has 0 aliphatic heterocycles. The summed E-state index contributed by atoms with van der Waals surface area (Å²) in [5.41, 5.74) is 4.81. The van der Waals surface area contributed by atoms with E-state index < -0.39 is 0 Å². The fourth-order valence-electron chi connectivity index (χ4n) is 2.35. The van der Waals surface area contributed by atoms with E-state index >= 15 is 0 Å². The van der Waals surface area contributed by atoms with Gasteiger partial charge in [-0.3, -0.25) is 4.79 Å². The summed E-state index contributed by atoms with van der Waals surface area (Å²) in [5.74, 6) is 0.487. The summed E-state index contributed by atoms with van der Waals surface area (Å²) in [6.07, 6.45) is 0. The van der Waals surface area contributed by atoms with Crippen LogP contribution in [0, 0.1) is 27.7 Å². The van der Waals surface area contributed by atoms with E-state index in [0.717, 1.165) is 22.3 Å². The molecular formula is C18H20ClNO2. The van der Waals surface area contributed by atoms with E-state index in [2.05, 4.69) is 5.32 Å². The number of aryl methyl sites for hydroxylation is 4. The molecule has 0 fully saturated rings. The van der Waals surface area contributed by atoms with Gasteiger partial charge in [0.25, 0.3) is 5.91 Å². The number of anilines is 1. The Morgan fingerprint density at radius 2 is 1.73 bits per heavy atom. The van der Waals surface area contributed by atoms with Crippen molar-refractivity contribution in [3.8, 4) is 5.75 Å². The molecule has 2 aromatic rings. The van der Waals surface area contributed by atoms with Gasteiger partial charge in [0.15, 0.2) is 6.61 Å². The van der Waals surface area contributed by atoms with Crippen LogP contribution in [0.15, 0.2) is 30.3 Å². The van der Waals surface area contributed by atoms with Gasteiger partial charge in [-0.05, 0) is 56.5 Å². The molecule has 0 heterocycles. The summed E-state index contributed by atoms with van der Waals surface area (Å²) in [4.78, 5) is 12.1. The third kappa shape index (κ3) is 4.01. The summed E-state index contributed by atoms with van der Waals surface area (Å²) in [7, 11) is 0. The first-order valence-corrected chi connectivity index (χ1v) is 7.51. The van der Waals surface area contributed by atoms with Crippen molar-refractivity contribution in [2.24, 2.45) is 0 Å². The van der Waals surface area contributed by atoms with Crippen molar-refractivity contribution in [1.29, 1.82) is 0 Å². The first-order chi connectivity index (χ1) is 10.4. The molecule has 2 rings (SSSR count). The zero-order chi connectivity index (χ0) is 16.3. The van der Waals surface area contributed by atoms with Crippen LogP contribution in [0.5, 0.6) is 5.75 Å². The second kappa shape index (κ2) is 6.84. The van der Waals surface area contributed by atoms with Crippen molar-refractivity contribution in [3.05, 3.63) is 57.6 Å². The van der Waals surface area contributed by atoms with Gasteiger partial charge in [-0.2, -0.15) is 0 Å². The van der Waals surface area contributed by atoms with Gasteiger partial charge in [0.1, 0.15) is 5.75 Å². The van der Waals surface area contributed by atoms with Crippen LogP contribution in [-0.2, 0) is 4.79 Å². The molecule has 0 aliphatic rings. The standard InChI is InChI=1S/C18H20ClNO2/c1-11-5-6-16(13(3)7-11)22-10-17(21)20-18-14(4)8-12(2)9-15(18)19/h5-9H,10H2,1-4H3,(H,20,21). The third-order valence-corrected chi connectivity index (χ3v) is 3.68. The Morgan fingerprint density at radius 1 is 1.05 bits per heavy atom. The maximum Gasteiger partial charge on any atom is 0.262 e. The van der Waals surface area contributed by atoms with E-state index in [9.17, 15) is 4.79 Å². The monoisotopic (exact) mass is 317 g/mol. The van der Waals surface area contributed by atoms with Crippen LogP contribution < -0.4 is 10.1 Å². The SMILES string of the molecule is Cc1ccc(OCC(=O)Nc2c(C)cc(C)cc2Cl)c(C)c1. The fraction of sp³-hybridized carbons (Fsp3) is 0.278. The zero-order valence-corrected chi connectivity index (χ0v) is 14.0. The minimum absolute atomic E-state index is 0.0481. The van der Waals surface area contributed by atoms with E-state index in [1.807, 2.05) is 58.0 Å². The molecule has 0 aromatic heterocycles. The molecule has 1 amide bonds. The molecule has 0 atom stereocenters. The molecule has 0 aliphatic carbocycles.